The number of fused-ring (bicyclic) bond motifs is 1. The second-order valence-electron chi connectivity index (χ2n) is 6.34. The average Bonchev–Trinajstić information content (AvgIpc) is 3.25. The molecule has 2 aromatic rings. The van der Waals surface area contributed by atoms with E-state index >= 15 is 0 Å². The van der Waals surface area contributed by atoms with Crippen LogP contribution in [0.5, 0.6) is 0 Å². The summed E-state index contributed by atoms with van der Waals surface area (Å²) in [7, 11) is 0. The smallest absolute Gasteiger partial charge is 0.409 e. The minimum atomic E-state index is -0.288. The molecule has 128 valence electrons. The van der Waals surface area contributed by atoms with E-state index in [2.05, 4.69) is 17.0 Å². The molecule has 3 heterocycles. The van der Waals surface area contributed by atoms with E-state index in [9.17, 15) is 9.59 Å². The number of hydrogen-bond donors (Lipinski definition) is 0. The van der Waals surface area contributed by atoms with Crippen LogP contribution in [0, 0.1) is 0 Å². The van der Waals surface area contributed by atoms with Crippen molar-refractivity contribution in [3.05, 3.63) is 23.3 Å². The van der Waals surface area contributed by atoms with Gasteiger partial charge in [-0.3, -0.25) is 4.79 Å². The summed E-state index contributed by atoms with van der Waals surface area (Å²) in [4.78, 5) is 28.7. The molecule has 2 amide bonds. The van der Waals surface area contributed by atoms with Gasteiger partial charge < -0.3 is 19.1 Å². The van der Waals surface area contributed by atoms with Gasteiger partial charge in [0.2, 0.25) is 0 Å². The summed E-state index contributed by atoms with van der Waals surface area (Å²) in [6.45, 7) is 4.35. The van der Waals surface area contributed by atoms with Gasteiger partial charge in [-0.2, -0.15) is 0 Å². The number of hydrogen-bond acceptors (Lipinski definition) is 4. The molecule has 1 aliphatic carbocycles. The molecule has 24 heavy (non-hydrogen) atoms. The normalized spacial score (nSPS) is 18.2. The van der Waals surface area contributed by atoms with Crippen molar-refractivity contribution in [2.75, 3.05) is 32.8 Å². The average molecular weight is 347 g/mol. The number of rotatable bonds is 3. The first kappa shape index (κ1) is 15.5. The third-order valence-electron chi connectivity index (χ3n) is 4.62. The van der Waals surface area contributed by atoms with Crippen LogP contribution in [0.15, 0.2) is 18.5 Å². The summed E-state index contributed by atoms with van der Waals surface area (Å²) in [5.41, 5.74) is 0. The zero-order chi connectivity index (χ0) is 16.7. The van der Waals surface area contributed by atoms with E-state index in [0.717, 1.165) is 10.3 Å². The molecule has 1 saturated heterocycles. The third-order valence-corrected chi connectivity index (χ3v) is 5.69. The monoisotopic (exact) mass is 347 g/mol. The maximum absolute atomic E-state index is 12.7. The van der Waals surface area contributed by atoms with Crippen LogP contribution >= 0.6 is 11.3 Å². The molecule has 2 aliphatic rings. The highest BCUT2D eigenvalue weighted by molar-refractivity contribution is 7.20. The summed E-state index contributed by atoms with van der Waals surface area (Å²) in [5, 5.41) is 1.15. The molecule has 0 radical (unpaired) electrons. The van der Waals surface area contributed by atoms with Crippen molar-refractivity contribution in [1.29, 1.82) is 0 Å². The first-order valence-electron chi connectivity index (χ1n) is 8.47. The molecule has 7 heteroatoms. The molecule has 0 unspecified atom stereocenters. The molecule has 2 fully saturated rings. The van der Waals surface area contributed by atoms with Gasteiger partial charge in [0.25, 0.3) is 5.91 Å². The topological polar surface area (TPSA) is 54.8 Å². The number of carbonyl (C=O) groups excluding carboxylic acids is 2. The van der Waals surface area contributed by atoms with Crippen molar-refractivity contribution in [1.82, 2.24) is 14.4 Å². The highest BCUT2D eigenvalue weighted by Gasteiger charge is 2.27. The number of amides is 2. The maximum atomic E-state index is 12.7. The number of aromatic nitrogens is 1. The summed E-state index contributed by atoms with van der Waals surface area (Å²) in [5.74, 6) is 0.0673. The van der Waals surface area contributed by atoms with Gasteiger partial charge in [-0.05, 0) is 25.8 Å². The predicted octanol–water partition coefficient (Wildman–Crippen LogP) is 2.95. The van der Waals surface area contributed by atoms with Gasteiger partial charge in [0.1, 0.15) is 0 Å². The van der Waals surface area contributed by atoms with Gasteiger partial charge >= 0.3 is 6.09 Å². The minimum absolute atomic E-state index is 0.0673. The lowest BCUT2D eigenvalue weighted by atomic mass is 10.3. The molecule has 0 bridgehead atoms. The Hall–Kier alpha value is -2.02. The van der Waals surface area contributed by atoms with Crippen molar-refractivity contribution in [2.45, 2.75) is 25.8 Å². The second-order valence-corrected chi connectivity index (χ2v) is 7.43. The summed E-state index contributed by atoms with van der Waals surface area (Å²) >= 11 is 1.56. The quantitative estimate of drug-likeness (QED) is 0.858. The molecule has 0 N–H and O–H groups in total. The Labute approximate surface area is 144 Å². The molecule has 4 rings (SSSR count). The van der Waals surface area contributed by atoms with Crippen molar-refractivity contribution in [2.24, 2.45) is 0 Å². The van der Waals surface area contributed by atoms with Crippen LogP contribution in [0.2, 0.25) is 0 Å². The van der Waals surface area contributed by atoms with Crippen molar-refractivity contribution in [3.8, 4) is 0 Å². The van der Waals surface area contributed by atoms with Gasteiger partial charge in [0.15, 0.2) is 0 Å². The number of piperazine rings is 1. The fourth-order valence-electron chi connectivity index (χ4n) is 3.11. The molecule has 6 nitrogen and oxygen atoms in total. The number of carbonyl (C=O) groups is 2. The first-order chi connectivity index (χ1) is 11.7. The van der Waals surface area contributed by atoms with E-state index in [1.807, 2.05) is 11.0 Å². The highest BCUT2D eigenvalue weighted by Crippen LogP contribution is 2.38. The Morgan fingerprint density at radius 3 is 2.50 bits per heavy atom. The lowest BCUT2D eigenvalue weighted by molar-refractivity contribution is 0.0574. The van der Waals surface area contributed by atoms with Gasteiger partial charge in [0, 0.05) is 50.0 Å². The van der Waals surface area contributed by atoms with E-state index in [4.69, 9.17) is 4.74 Å². The van der Waals surface area contributed by atoms with Crippen LogP contribution < -0.4 is 0 Å². The fourth-order valence-corrected chi connectivity index (χ4v) is 4.15. The SMILES string of the molecule is CCOC(=O)N1CCN(C(=O)c2cc3cn(C4CC4)cc3s2)CC1. The van der Waals surface area contributed by atoms with Crippen molar-refractivity contribution >= 4 is 33.4 Å². The van der Waals surface area contributed by atoms with Crippen LogP contribution in [-0.2, 0) is 4.74 Å². The number of nitrogens with zero attached hydrogens (tertiary/aromatic N) is 3. The highest BCUT2D eigenvalue weighted by atomic mass is 32.1. The molecule has 1 aliphatic heterocycles. The minimum Gasteiger partial charge on any atom is -0.450 e. The maximum Gasteiger partial charge on any atom is 0.409 e. The van der Waals surface area contributed by atoms with Crippen LogP contribution in [-0.4, -0.2) is 59.2 Å². The van der Waals surface area contributed by atoms with Crippen LogP contribution in [0.25, 0.3) is 10.1 Å². The molecular weight excluding hydrogens is 326 g/mol. The van der Waals surface area contributed by atoms with E-state index in [-0.39, 0.29) is 12.0 Å². The van der Waals surface area contributed by atoms with Crippen LogP contribution in [0.4, 0.5) is 4.79 Å². The Morgan fingerprint density at radius 2 is 1.88 bits per heavy atom. The molecule has 2 aromatic heterocycles. The predicted molar refractivity (Wildman–Crippen MR) is 92.6 cm³/mol. The molecule has 0 atom stereocenters. The number of thiophene rings is 1. The largest absolute Gasteiger partial charge is 0.450 e. The van der Waals surface area contributed by atoms with Crippen LogP contribution in [0.1, 0.15) is 35.5 Å². The van der Waals surface area contributed by atoms with Gasteiger partial charge in [-0.1, -0.05) is 0 Å². The van der Waals surface area contributed by atoms with E-state index in [1.165, 1.54) is 17.5 Å². The van der Waals surface area contributed by atoms with E-state index in [0.29, 0.717) is 38.8 Å². The first-order valence-corrected chi connectivity index (χ1v) is 9.29. The Morgan fingerprint density at radius 1 is 1.17 bits per heavy atom. The Balaban J connectivity index is 1.40. The fraction of sp³-hybridized carbons (Fsp3) is 0.529. The van der Waals surface area contributed by atoms with Crippen molar-refractivity contribution < 1.29 is 14.3 Å². The molecule has 1 saturated carbocycles. The summed E-state index contributed by atoms with van der Waals surface area (Å²) in [6.07, 6.45) is 6.55. The Kier molecular flexibility index (Phi) is 3.96. The van der Waals surface area contributed by atoms with Gasteiger partial charge in [0.05, 0.1) is 16.2 Å². The molecule has 0 aromatic carbocycles. The third kappa shape index (κ3) is 2.88. The van der Waals surface area contributed by atoms with Gasteiger partial charge in [-0.15, -0.1) is 11.3 Å². The zero-order valence-electron chi connectivity index (χ0n) is 13.7. The Bertz CT molecular complexity index is 738. The molecular formula is C17H21N3O3S. The second kappa shape index (κ2) is 6.12. The lowest BCUT2D eigenvalue weighted by Crippen LogP contribution is -2.50. The van der Waals surface area contributed by atoms with Crippen molar-refractivity contribution in [3.63, 3.8) is 0 Å². The van der Waals surface area contributed by atoms with E-state index < -0.39 is 0 Å². The number of ether oxygens (including phenoxy) is 1. The standard InChI is InChI=1S/C17H21N3O3S/c1-2-23-17(22)19-7-5-18(6-8-19)16(21)14-9-12-10-20(13-3-4-13)11-15(12)24-14/h9-11,13H,2-8H2,1H3. The molecule has 0 spiro atoms. The lowest BCUT2D eigenvalue weighted by Gasteiger charge is -2.33. The summed E-state index contributed by atoms with van der Waals surface area (Å²) < 4.78 is 8.46. The summed E-state index contributed by atoms with van der Waals surface area (Å²) in [6, 6.07) is 2.67. The van der Waals surface area contributed by atoms with Gasteiger partial charge in [-0.25, -0.2) is 4.79 Å². The van der Waals surface area contributed by atoms with E-state index in [1.54, 1.807) is 23.2 Å². The van der Waals surface area contributed by atoms with Crippen LogP contribution in [0.3, 0.4) is 0 Å². The zero-order valence-corrected chi connectivity index (χ0v) is 14.6.